The maximum atomic E-state index is 5.74. The molecule has 0 spiro atoms. The summed E-state index contributed by atoms with van der Waals surface area (Å²) in [6, 6.07) is 0. The molecule has 13 heavy (non-hydrogen) atoms. The first-order valence-corrected chi connectivity index (χ1v) is 6.01. The van der Waals surface area contributed by atoms with Crippen molar-refractivity contribution in [3.05, 3.63) is 11.9 Å². The van der Waals surface area contributed by atoms with Gasteiger partial charge in [-0.15, -0.1) is 11.6 Å². The van der Waals surface area contributed by atoms with Gasteiger partial charge in [-0.05, 0) is 6.42 Å². The fourth-order valence-corrected chi connectivity index (χ4v) is 2.29. The van der Waals surface area contributed by atoms with Gasteiger partial charge in [-0.1, -0.05) is 25.1 Å². The highest BCUT2D eigenvalue weighted by molar-refractivity contribution is 7.99. The van der Waals surface area contributed by atoms with E-state index in [1.807, 2.05) is 13.2 Å². The highest BCUT2D eigenvalue weighted by Gasteiger charge is 2.04. The Kier molecular flexibility index (Phi) is 4.67. The van der Waals surface area contributed by atoms with Crippen molar-refractivity contribution >= 4 is 23.4 Å². The van der Waals surface area contributed by atoms with Crippen molar-refractivity contribution in [2.45, 2.75) is 30.8 Å². The highest BCUT2D eigenvalue weighted by atomic mass is 35.5. The third kappa shape index (κ3) is 2.92. The molecule has 0 atom stereocenters. The van der Waals surface area contributed by atoms with Crippen LogP contribution in [0.25, 0.3) is 0 Å². The minimum atomic E-state index is 0.540. The molecular weight excluding hydrogens is 204 g/mol. The van der Waals surface area contributed by atoms with E-state index < -0.39 is 0 Å². The van der Waals surface area contributed by atoms with Gasteiger partial charge < -0.3 is 4.57 Å². The smallest absolute Gasteiger partial charge is 0.167 e. The Morgan fingerprint density at radius 3 is 2.92 bits per heavy atom. The Hall–Kier alpha value is -0.150. The largest absolute Gasteiger partial charge is 0.325 e. The molecule has 0 aliphatic rings. The average molecular weight is 219 g/mol. The zero-order chi connectivity index (χ0) is 9.68. The van der Waals surface area contributed by atoms with Crippen molar-refractivity contribution in [3.63, 3.8) is 0 Å². The van der Waals surface area contributed by atoms with Gasteiger partial charge in [0.05, 0.1) is 17.8 Å². The average Bonchev–Trinajstić information content (AvgIpc) is 2.48. The number of halogens is 1. The number of nitrogens with zero attached hydrogens (tertiary/aromatic N) is 2. The summed E-state index contributed by atoms with van der Waals surface area (Å²) in [5, 5.41) is 1.07. The molecule has 0 aliphatic heterocycles. The van der Waals surface area contributed by atoms with Crippen LogP contribution >= 0.6 is 23.4 Å². The van der Waals surface area contributed by atoms with Crippen LogP contribution in [-0.4, -0.2) is 15.3 Å². The molecule has 0 fully saturated rings. The van der Waals surface area contributed by atoms with Gasteiger partial charge in [-0.2, -0.15) is 0 Å². The van der Waals surface area contributed by atoms with E-state index in [-0.39, 0.29) is 0 Å². The van der Waals surface area contributed by atoms with Crippen LogP contribution in [0.15, 0.2) is 11.4 Å². The second-order valence-corrected chi connectivity index (χ2v) is 4.26. The van der Waals surface area contributed by atoms with Crippen molar-refractivity contribution in [2.24, 2.45) is 7.05 Å². The molecule has 0 aromatic carbocycles. The summed E-state index contributed by atoms with van der Waals surface area (Å²) in [5.74, 6) is 1.68. The number of unbranched alkanes of at least 4 members (excludes halogenated alkanes) is 1. The summed E-state index contributed by atoms with van der Waals surface area (Å²) in [7, 11) is 2.01. The van der Waals surface area contributed by atoms with Crippen LogP contribution in [0.3, 0.4) is 0 Å². The Balaban J connectivity index is 2.51. The number of thioether (sulfide) groups is 1. The number of rotatable bonds is 5. The van der Waals surface area contributed by atoms with Gasteiger partial charge in [0.1, 0.15) is 0 Å². The van der Waals surface area contributed by atoms with Crippen molar-refractivity contribution < 1.29 is 0 Å². The van der Waals surface area contributed by atoms with E-state index in [9.17, 15) is 0 Å². The van der Waals surface area contributed by atoms with E-state index in [0.29, 0.717) is 5.88 Å². The molecule has 0 bridgehead atoms. The highest BCUT2D eigenvalue weighted by Crippen LogP contribution is 2.19. The lowest BCUT2D eigenvalue weighted by atomic mass is 10.4. The van der Waals surface area contributed by atoms with Crippen LogP contribution in [-0.2, 0) is 12.9 Å². The van der Waals surface area contributed by atoms with Gasteiger partial charge in [-0.3, -0.25) is 0 Å². The van der Waals surface area contributed by atoms with Crippen molar-refractivity contribution in [1.29, 1.82) is 0 Å². The molecule has 0 aliphatic carbocycles. The van der Waals surface area contributed by atoms with Crippen LogP contribution < -0.4 is 0 Å². The first kappa shape index (κ1) is 10.9. The molecular formula is C9H15ClN2S. The number of aromatic nitrogens is 2. The van der Waals surface area contributed by atoms with Crippen LogP contribution in [0.4, 0.5) is 0 Å². The van der Waals surface area contributed by atoms with Gasteiger partial charge in [0.2, 0.25) is 0 Å². The summed E-state index contributed by atoms with van der Waals surface area (Å²) in [6.45, 7) is 2.20. The van der Waals surface area contributed by atoms with Crippen LogP contribution in [0.1, 0.15) is 25.5 Å². The maximum absolute atomic E-state index is 5.74. The van der Waals surface area contributed by atoms with Crippen molar-refractivity contribution in [3.8, 4) is 0 Å². The van der Waals surface area contributed by atoms with E-state index in [4.69, 9.17) is 11.6 Å². The Morgan fingerprint density at radius 1 is 1.62 bits per heavy atom. The van der Waals surface area contributed by atoms with Crippen LogP contribution in [0.5, 0.6) is 0 Å². The molecule has 2 nitrogen and oxygen atoms in total. The zero-order valence-corrected chi connectivity index (χ0v) is 9.66. The number of hydrogen-bond acceptors (Lipinski definition) is 2. The molecule has 74 valence electrons. The molecule has 0 saturated heterocycles. The van der Waals surface area contributed by atoms with Crippen molar-refractivity contribution in [2.75, 3.05) is 5.75 Å². The molecule has 0 amide bonds. The fourth-order valence-electron chi connectivity index (χ4n) is 0.992. The summed E-state index contributed by atoms with van der Waals surface area (Å²) in [6.07, 6.45) is 4.33. The third-order valence-electron chi connectivity index (χ3n) is 1.91. The maximum Gasteiger partial charge on any atom is 0.167 e. The van der Waals surface area contributed by atoms with E-state index in [1.54, 1.807) is 11.8 Å². The second kappa shape index (κ2) is 5.55. The van der Waals surface area contributed by atoms with Crippen LogP contribution in [0, 0.1) is 0 Å². The standard InChI is InChI=1S/C9H15ClN2S/c1-3-4-5-13-9-11-7-8(6-10)12(9)2/h7H,3-6H2,1-2H3. The molecule has 0 unspecified atom stereocenters. The topological polar surface area (TPSA) is 17.8 Å². The summed E-state index contributed by atoms with van der Waals surface area (Å²) in [5.41, 5.74) is 1.08. The van der Waals surface area contributed by atoms with Crippen LogP contribution in [0.2, 0.25) is 0 Å². The van der Waals surface area contributed by atoms with Gasteiger partial charge in [0, 0.05) is 12.8 Å². The third-order valence-corrected chi connectivity index (χ3v) is 3.31. The molecule has 1 aromatic heterocycles. The number of alkyl halides is 1. The van der Waals surface area contributed by atoms with Gasteiger partial charge >= 0.3 is 0 Å². The Morgan fingerprint density at radius 2 is 2.38 bits per heavy atom. The second-order valence-electron chi connectivity index (χ2n) is 2.93. The normalized spacial score (nSPS) is 10.7. The first-order chi connectivity index (χ1) is 6.29. The number of imidazole rings is 1. The summed E-state index contributed by atoms with van der Waals surface area (Å²) in [4.78, 5) is 4.30. The monoisotopic (exact) mass is 218 g/mol. The minimum Gasteiger partial charge on any atom is -0.325 e. The van der Waals surface area contributed by atoms with Gasteiger partial charge in [0.25, 0.3) is 0 Å². The molecule has 0 radical (unpaired) electrons. The fraction of sp³-hybridized carbons (Fsp3) is 0.667. The summed E-state index contributed by atoms with van der Waals surface area (Å²) < 4.78 is 2.06. The predicted molar refractivity (Wildman–Crippen MR) is 58.4 cm³/mol. The number of hydrogen-bond donors (Lipinski definition) is 0. The predicted octanol–water partition coefficient (Wildman–Crippen LogP) is 3.05. The molecule has 1 heterocycles. The molecule has 4 heteroatoms. The first-order valence-electron chi connectivity index (χ1n) is 4.49. The van der Waals surface area contributed by atoms with E-state index in [2.05, 4.69) is 16.5 Å². The zero-order valence-electron chi connectivity index (χ0n) is 8.09. The molecule has 1 aromatic rings. The van der Waals surface area contributed by atoms with E-state index in [1.165, 1.54) is 12.8 Å². The van der Waals surface area contributed by atoms with Gasteiger partial charge in [-0.25, -0.2) is 4.98 Å². The lowest BCUT2D eigenvalue weighted by molar-refractivity contribution is 0.759. The molecule has 0 N–H and O–H groups in total. The van der Waals surface area contributed by atoms with Gasteiger partial charge in [0.15, 0.2) is 5.16 Å². The summed E-state index contributed by atoms with van der Waals surface area (Å²) >= 11 is 7.54. The SMILES string of the molecule is CCCCSc1ncc(CCl)n1C. The quantitative estimate of drug-likeness (QED) is 0.430. The molecule has 0 saturated carbocycles. The Bertz CT molecular complexity index is 260. The van der Waals surface area contributed by atoms with E-state index in [0.717, 1.165) is 16.6 Å². The lowest BCUT2D eigenvalue weighted by Crippen LogP contribution is -1.95. The Labute approximate surface area is 88.7 Å². The molecule has 1 rings (SSSR count). The van der Waals surface area contributed by atoms with E-state index >= 15 is 0 Å². The minimum absolute atomic E-state index is 0.540. The van der Waals surface area contributed by atoms with Crippen molar-refractivity contribution in [1.82, 2.24) is 9.55 Å². The lowest BCUT2D eigenvalue weighted by Gasteiger charge is -2.02.